The molecule has 5 nitrogen and oxygen atoms in total. The van der Waals surface area contributed by atoms with Crippen LogP contribution in [0.2, 0.25) is 0 Å². The number of rotatable bonds is 6. The molecule has 2 rings (SSSR count). The van der Waals surface area contributed by atoms with Gasteiger partial charge in [-0.2, -0.15) is 17.7 Å². The van der Waals surface area contributed by atoms with Crippen molar-refractivity contribution in [1.29, 1.82) is 0 Å². The maximum atomic E-state index is 12.9. The Balaban J connectivity index is 2.36. The Morgan fingerprint density at radius 2 is 1.83 bits per heavy atom. The zero-order valence-electron chi connectivity index (χ0n) is 12.7. The zero-order valence-corrected chi connectivity index (χ0v) is 12.7. The zero-order chi connectivity index (χ0) is 17.7. The number of quaternary nitrogens is 1. The quantitative estimate of drug-likeness (QED) is 0.556. The standard InChI is InChI=1S/C18H15FNO4/c19-13-5-1-11(2-6-13)9-15(17(21)22)16(18(23)24)10-12-3-7-14(20)8-4-12/h1-7,9,16H,10,20H2,(H,21,22)(H,23,24)/q-1/p+1/b15-9-. The van der Waals surface area contributed by atoms with E-state index in [0.29, 0.717) is 16.8 Å². The number of hydrogen-bond acceptors (Lipinski definition) is 2. The van der Waals surface area contributed by atoms with Crippen LogP contribution in [-0.4, -0.2) is 22.2 Å². The summed E-state index contributed by atoms with van der Waals surface area (Å²) in [6.45, 7) is 0. The molecule has 0 heterocycles. The molecular formula is C18H16FNO4. The van der Waals surface area contributed by atoms with Crippen molar-refractivity contribution in [3.63, 3.8) is 0 Å². The van der Waals surface area contributed by atoms with E-state index in [4.69, 9.17) is 0 Å². The fourth-order valence-corrected chi connectivity index (χ4v) is 2.23. The van der Waals surface area contributed by atoms with Crippen LogP contribution in [0.1, 0.15) is 11.1 Å². The molecule has 0 aromatic heterocycles. The van der Waals surface area contributed by atoms with Gasteiger partial charge in [0.25, 0.3) is 0 Å². The Bertz CT molecular complexity index is 767. The van der Waals surface area contributed by atoms with Gasteiger partial charge in [0.1, 0.15) is 5.82 Å². The maximum Gasteiger partial charge on any atom is 0.332 e. The minimum Gasteiger partial charge on any atom is -0.481 e. The second kappa shape index (κ2) is 7.52. The van der Waals surface area contributed by atoms with Crippen LogP contribution in [0.25, 0.3) is 6.08 Å². The van der Waals surface area contributed by atoms with Gasteiger partial charge in [0.2, 0.25) is 0 Å². The normalized spacial score (nSPS) is 12.7. The van der Waals surface area contributed by atoms with Gasteiger partial charge >= 0.3 is 11.9 Å². The van der Waals surface area contributed by atoms with Crippen molar-refractivity contribution in [2.24, 2.45) is 5.92 Å². The van der Waals surface area contributed by atoms with E-state index >= 15 is 0 Å². The average Bonchev–Trinajstić information content (AvgIpc) is 2.54. The van der Waals surface area contributed by atoms with Crippen molar-refractivity contribution < 1.29 is 29.9 Å². The van der Waals surface area contributed by atoms with Gasteiger partial charge in [0, 0.05) is 5.69 Å². The molecule has 2 aromatic rings. The molecule has 0 saturated heterocycles. The summed E-state index contributed by atoms with van der Waals surface area (Å²) in [7, 11) is 0. The van der Waals surface area contributed by atoms with E-state index in [1.807, 2.05) is 0 Å². The molecule has 0 aliphatic carbocycles. The fraction of sp³-hybridized carbons (Fsp3) is 0.111. The predicted molar refractivity (Wildman–Crippen MR) is 84.7 cm³/mol. The van der Waals surface area contributed by atoms with Gasteiger partial charge in [0.05, 0.1) is 11.5 Å². The SMILES string of the molecule is [NH3+]c1[c-]cc(CC(C(=O)O)/C(=C/c2ccc(F)cc2)C(=O)O)cc1. The fourth-order valence-electron chi connectivity index (χ4n) is 2.23. The average molecular weight is 329 g/mol. The molecule has 1 atom stereocenters. The molecule has 0 fully saturated rings. The summed E-state index contributed by atoms with van der Waals surface area (Å²) in [6.07, 6.45) is 1.26. The third-order valence-electron chi connectivity index (χ3n) is 3.49. The van der Waals surface area contributed by atoms with Crippen LogP contribution in [0.15, 0.2) is 48.0 Å². The number of carboxylic acids is 2. The first kappa shape index (κ1) is 17.4. The first-order chi connectivity index (χ1) is 11.4. The largest absolute Gasteiger partial charge is 0.481 e. The molecule has 0 aliphatic heterocycles. The molecule has 24 heavy (non-hydrogen) atoms. The third kappa shape index (κ3) is 4.50. The van der Waals surface area contributed by atoms with E-state index in [2.05, 4.69) is 11.8 Å². The van der Waals surface area contributed by atoms with Crippen LogP contribution < -0.4 is 5.73 Å². The first-order valence-electron chi connectivity index (χ1n) is 7.12. The Morgan fingerprint density at radius 1 is 1.17 bits per heavy atom. The lowest BCUT2D eigenvalue weighted by atomic mass is 9.90. The summed E-state index contributed by atoms with van der Waals surface area (Å²) in [5.41, 5.74) is 5.14. The van der Waals surface area contributed by atoms with Crippen LogP contribution >= 0.6 is 0 Å². The van der Waals surface area contributed by atoms with Crippen molar-refractivity contribution in [2.45, 2.75) is 6.42 Å². The van der Waals surface area contributed by atoms with Gasteiger partial charge in [-0.25, -0.2) is 9.18 Å². The maximum absolute atomic E-state index is 12.9. The van der Waals surface area contributed by atoms with Gasteiger partial charge < -0.3 is 15.9 Å². The van der Waals surface area contributed by atoms with Crippen molar-refractivity contribution in [3.8, 4) is 0 Å². The van der Waals surface area contributed by atoms with Crippen LogP contribution in [-0.2, 0) is 16.0 Å². The number of aliphatic carboxylic acids is 2. The summed E-state index contributed by atoms with van der Waals surface area (Å²) in [6, 6.07) is 13.0. The molecule has 0 bridgehead atoms. The van der Waals surface area contributed by atoms with Gasteiger partial charge in [-0.15, -0.1) is 12.1 Å². The molecule has 124 valence electrons. The van der Waals surface area contributed by atoms with Crippen LogP contribution in [0.5, 0.6) is 0 Å². The highest BCUT2D eigenvalue weighted by molar-refractivity contribution is 5.98. The third-order valence-corrected chi connectivity index (χ3v) is 3.49. The van der Waals surface area contributed by atoms with E-state index in [-0.39, 0.29) is 12.0 Å². The predicted octanol–water partition coefficient (Wildman–Crippen LogP) is 1.91. The van der Waals surface area contributed by atoms with Crippen LogP contribution in [0.3, 0.4) is 0 Å². The molecule has 0 spiro atoms. The summed E-state index contributed by atoms with van der Waals surface area (Å²) < 4.78 is 12.9. The highest BCUT2D eigenvalue weighted by Crippen LogP contribution is 2.22. The van der Waals surface area contributed by atoms with Crippen LogP contribution in [0.4, 0.5) is 10.1 Å². The molecule has 0 aliphatic rings. The number of halogens is 1. The molecular weight excluding hydrogens is 313 g/mol. The summed E-state index contributed by atoms with van der Waals surface area (Å²) in [5.74, 6) is -4.27. The van der Waals surface area contributed by atoms with Crippen molar-refractivity contribution in [2.75, 3.05) is 0 Å². The Labute approximate surface area is 137 Å². The summed E-state index contributed by atoms with van der Waals surface area (Å²) in [5, 5.41) is 18.9. The molecule has 0 amide bonds. The second-order valence-electron chi connectivity index (χ2n) is 5.27. The molecule has 2 aromatic carbocycles. The van der Waals surface area contributed by atoms with E-state index in [1.54, 1.807) is 18.2 Å². The minimum absolute atomic E-state index is 0.00540. The monoisotopic (exact) mass is 329 g/mol. The lowest BCUT2D eigenvalue weighted by Gasteiger charge is -2.17. The minimum atomic E-state index is -1.33. The molecule has 6 heteroatoms. The van der Waals surface area contributed by atoms with E-state index in [0.717, 1.165) is 0 Å². The van der Waals surface area contributed by atoms with Gasteiger partial charge in [-0.1, -0.05) is 18.6 Å². The first-order valence-corrected chi connectivity index (χ1v) is 7.12. The molecule has 5 N–H and O–H groups in total. The second-order valence-corrected chi connectivity index (χ2v) is 5.27. The molecule has 1 unspecified atom stereocenters. The Hall–Kier alpha value is -2.99. The summed E-state index contributed by atoms with van der Waals surface area (Å²) >= 11 is 0. The number of benzene rings is 2. The van der Waals surface area contributed by atoms with Gasteiger partial charge in [-0.05, 0) is 23.8 Å². The van der Waals surface area contributed by atoms with Crippen molar-refractivity contribution in [1.82, 2.24) is 0 Å². The molecule has 0 radical (unpaired) electrons. The smallest absolute Gasteiger partial charge is 0.332 e. The topological polar surface area (TPSA) is 102 Å². The number of hydrogen-bond donors (Lipinski definition) is 3. The van der Waals surface area contributed by atoms with Crippen LogP contribution in [0, 0.1) is 17.8 Å². The van der Waals surface area contributed by atoms with Gasteiger partial charge in [0.15, 0.2) is 0 Å². The van der Waals surface area contributed by atoms with E-state index in [9.17, 15) is 24.2 Å². The Morgan fingerprint density at radius 3 is 2.33 bits per heavy atom. The Kier molecular flexibility index (Phi) is 5.44. The lowest BCUT2D eigenvalue weighted by molar-refractivity contribution is -0.255. The summed E-state index contributed by atoms with van der Waals surface area (Å²) in [4.78, 5) is 23.1. The highest BCUT2D eigenvalue weighted by Gasteiger charge is 2.26. The van der Waals surface area contributed by atoms with E-state index < -0.39 is 23.7 Å². The molecule has 0 saturated carbocycles. The highest BCUT2D eigenvalue weighted by atomic mass is 19.1. The van der Waals surface area contributed by atoms with Crippen molar-refractivity contribution >= 4 is 23.7 Å². The van der Waals surface area contributed by atoms with Crippen molar-refractivity contribution in [3.05, 3.63) is 71.0 Å². The number of carboxylic acid groups (broad SMARTS) is 2. The number of carbonyl (C=O) groups is 2. The van der Waals surface area contributed by atoms with E-state index in [1.165, 1.54) is 30.3 Å². The van der Waals surface area contributed by atoms with Gasteiger partial charge in [-0.3, -0.25) is 4.79 Å². The lowest BCUT2D eigenvalue weighted by Crippen LogP contribution is -2.40.